The predicted molar refractivity (Wildman–Crippen MR) is 87.3 cm³/mol. The quantitative estimate of drug-likeness (QED) is 0.498. The number of carbonyl (C=O) groups excluding carboxylic acids is 1. The summed E-state index contributed by atoms with van der Waals surface area (Å²) in [5.41, 5.74) is 0.721. The molecule has 3 rings (SSSR count). The van der Waals surface area contributed by atoms with E-state index in [1.807, 2.05) is 0 Å². The number of hydrogen-bond acceptors (Lipinski definition) is 4. The van der Waals surface area contributed by atoms with E-state index in [2.05, 4.69) is 4.98 Å². The Morgan fingerprint density at radius 3 is 2.54 bits per heavy atom. The number of nitrogens with zero attached hydrogens (tertiary/aromatic N) is 1. The summed E-state index contributed by atoms with van der Waals surface area (Å²) in [6.45, 7) is 0. The summed E-state index contributed by atoms with van der Waals surface area (Å²) in [6.07, 6.45) is 1.99. The van der Waals surface area contributed by atoms with E-state index in [4.69, 9.17) is 20.8 Å². The van der Waals surface area contributed by atoms with Gasteiger partial charge < -0.3 is 9.15 Å². The lowest BCUT2D eigenvalue weighted by atomic mass is 10.2. The Morgan fingerprint density at radius 2 is 1.83 bits per heavy atom. The van der Waals surface area contributed by atoms with Crippen molar-refractivity contribution in [1.82, 2.24) is 4.98 Å². The lowest BCUT2D eigenvalue weighted by Gasteiger charge is -2.03. The maximum Gasteiger partial charge on any atom is 0.311 e. The maximum atomic E-state index is 12.9. The van der Waals surface area contributed by atoms with E-state index < -0.39 is 0 Å². The smallest absolute Gasteiger partial charge is 0.311 e. The first-order valence-corrected chi connectivity index (χ1v) is 7.65. The van der Waals surface area contributed by atoms with Gasteiger partial charge in [-0.3, -0.25) is 4.79 Å². The van der Waals surface area contributed by atoms with Crippen LogP contribution in [0.4, 0.5) is 4.39 Å². The van der Waals surface area contributed by atoms with Gasteiger partial charge in [-0.1, -0.05) is 11.6 Å². The van der Waals surface area contributed by atoms with Crippen LogP contribution >= 0.6 is 11.6 Å². The van der Waals surface area contributed by atoms with E-state index in [-0.39, 0.29) is 18.2 Å². The van der Waals surface area contributed by atoms with E-state index in [1.54, 1.807) is 42.6 Å². The monoisotopic (exact) mass is 345 g/mol. The van der Waals surface area contributed by atoms with E-state index in [0.29, 0.717) is 28.8 Å². The van der Waals surface area contributed by atoms with E-state index >= 15 is 0 Å². The minimum Gasteiger partial charge on any atom is -0.441 e. The molecule has 2 aromatic carbocycles. The highest BCUT2D eigenvalue weighted by Gasteiger charge is 2.10. The number of benzene rings is 2. The van der Waals surface area contributed by atoms with E-state index in [1.165, 1.54) is 12.1 Å². The van der Waals surface area contributed by atoms with Gasteiger partial charge in [0.05, 0.1) is 12.6 Å². The van der Waals surface area contributed by atoms with Gasteiger partial charge in [-0.2, -0.15) is 0 Å². The fourth-order valence-corrected chi connectivity index (χ4v) is 2.19. The number of ether oxygens (including phenoxy) is 1. The first kappa shape index (κ1) is 16.2. The molecule has 0 aliphatic heterocycles. The summed E-state index contributed by atoms with van der Waals surface area (Å²) in [6, 6.07) is 12.4. The summed E-state index contributed by atoms with van der Waals surface area (Å²) in [7, 11) is 0. The van der Waals surface area contributed by atoms with Crippen LogP contribution in [0.5, 0.6) is 5.75 Å². The van der Waals surface area contributed by atoms with Gasteiger partial charge in [0.2, 0.25) is 0 Å². The Balaban J connectivity index is 1.56. The van der Waals surface area contributed by atoms with Gasteiger partial charge >= 0.3 is 5.97 Å². The number of oxazole rings is 1. The first-order valence-electron chi connectivity index (χ1n) is 7.27. The van der Waals surface area contributed by atoms with Gasteiger partial charge in [-0.05, 0) is 48.5 Å². The summed E-state index contributed by atoms with van der Waals surface area (Å²) in [5, 5.41) is 0.572. The third-order valence-corrected chi connectivity index (χ3v) is 3.52. The second-order valence-corrected chi connectivity index (χ2v) is 5.49. The van der Waals surface area contributed by atoms with Gasteiger partial charge in [0.1, 0.15) is 11.6 Å². The number of carbonyl (C=O) groups is 1. The molecule has 24 heavy (non-hydrogen) atoms. The molecular weight excluding hydrogens is 333 g/mol. The Morgan fingerprint density at radius 1 is 1.12 bits per heavy atom. The van der Waals surface area contributed by atoms with Gasteiger partial charge in [0.15, 0.2) is 11.7 Å². The average Bonchev–Trinajstić information content (AvgIpc) is 3.05. The van der Waals surface area contributed by atoms with Crippen LogP contribution in [-0.2, 0) is 11.2 Å². The fourth-order valence-electron chi connectivity index (χ4n) is 2.07. The van der Waals surface area contributed by atoms with E-state index in [0.717, 1.165) is 5.56 Å². The third-order valence-electron chi connectivity index (χ3n) is 3.27. The van der Waals surface area contributed by atoms with Crippen LogP contribution in [0.3, 0.4) is 0 Å². The molecule has 0 atom stereocenters. The van der Waals surface area contributed by atoms with E-state index in [9.17, 15) is 9.18 Å². The molecule has 0 fully saturated rings. The Kier molecular flexibility index (Phi) is 4.91. The van der Waals surface area contributed by atoms with Crippen LogP contribution in [0, 0.1) is 5.82 Å². The molecule has 0 saturated carbocycles. The number of halogens is 2. The predicted octanol–water partition coefficient (Wildman–Crippen LogP) is 4.67. The zero-order chi connectivity index (χ0) is 16.9. The van der Waals surface area contributed by atoms with Crippen LogP contribution < -0.4 is 4.74 Å². The normalized spacial score (nSPS) is 10.6. The first-order chi connectivity index (χ1) is 11.6. The van der Waals surface area contributed by atoms with Gasteiger partial charge in [-0.25, -0.2) is 9.37 Å². The molecule has 1 heterocycles. The van der Waals surface area contributed by atoms with Crippen molar-refractivity contribution in [2.75, 3.05) is 0 Å². The molecule has 0 saturated heterocycles. The lowest BCUT2D eigenvalue weighted by Crippen LogP contribution is -2.09. The SMILES string of the molecule is O=C(CCc1ncc(-c2ccc(F)cc2)o1)Oc1ccc(Cl)cc1. The average molecular weight is 346 g/mol. The highest BCUT2D eigenvalue weighted by Crippen LogP contribution is 2.21. The van der Waals surface area contributed by atoms with Crippen LogP contribution in [0.1, 0.15) is 12.3 Å². The minimum absolute atomic E-state index is 0.131. The number of esters is 1. The molecule has 0 spiro atoms. The van der Waals surface area contributed by atoms with Crippen molar-refractivity contribution in [3.8, 4) is 17.1 Å². The number of aromatic nitrogens is 1. The molecule has 4 nitrogen and oxygen atoms in total. The summed E-state index contributed by atoms with van der Waals surface area (Å²) >= 11 is 5.77. The molecule has 122 valence electrons. The van der Waals surface area contributed by atoms with Crippen molar-refractivity contribution in [3.63, 3.8) is 0 Å². The lowest BCUT2D eigenvalue weighted by molar-refractivity contribution is -0.134. The van der Waals surface area contributed by atoms with Crippen molar-refractivity contribution in [2.24, 2.45) is 0 Å². The zero-order valence-electron chi connectivity index (χ0n) is 12.5. The fraction of sp³-hybridized carbons (Fsp3) is 0.111. The molecule has 0 bridgehead atoms. The number of rotatable bonds is 5. The van der Waals surface area contributed by atoms with Crippen LogP contribution in [-0.4, -0.2) is 11.0 Å². The third kappa shape index (κ3) is 4.20. The largest absolute Gasteiger partial charge is 0.441 e. The van der Waals surface area contributed by atoms with Crippen LogP contribution in [0.25, 0.3) is 11.3 Å². The standard InChI is InChI=1S/C18H13ClFNO3/c19-13-3-7-15(8-4-13)23-18(22)10-9-17-21-11-16(24-17)12-1-5-14(20)6-2-12/h1-8,11H,9-10H2. The topological polar surface area (TPSA) is 52.3 Å². The van der Waals surface area contributed by atoms with Gasteiger partial charge in [0.25, 0.3) is 0 Å². The molecule has 0 amide bonds. The van der Waals surface area contributed by atoms with Crippen molar-refractivity contribution in [3.05, 3.63) is 71.5 Å². The van der Waals surface area contributed by atoms with Crippen molar-refractivity contribution in [2.45, 2.75) is 12.8 Å². The molecule has 0 aliphatic carbocycles. The van der Waals surface area contributed by atoms with Crippen LogP contribution in [0.2, 0.25) is 5.02 Å². The second kappa shape index (κ2) is 7.27. The summed E-state index contributed by atoms with van der Waals surface area (Å²) < 4.78 is 23.7. The van der Waals surface area contributed by atoms with Crippen molar-refractivity contribution < 1.29 is 18.3 Å². The highest BCUT2D eigenvalue weighted by molar-refractivity contribution is 6.30. The Labute approximate surface area is 142 Å². The van der Waals surface area contributed by atoms with Crippen molar-refractivity contribution >= 4 is 17.6 Å². The van der Waals surface area contributed by atoms with Crippen LogP contribution in [0.15, 0.2) is 59.1 Å². The van der Waals surface area contributed by atoms with Gasteiger partial charge in [0, 0.05) is 17.0 Å². The molecule has 3 aromatic rings. The van der Waals surface area contributed by atoms with Crippen molar-refractivity contribution in [1.29, 1.82) is 0 Å². The summed E-state index contributed by atoms with van der Waals surface area (Å²) in [5.74, 6) is 0.671. The minimum atomic E-state index is -0.390. The number of aryl methyl sites for hydroxylation is 1. The Hall–Kier alpha value is -2.66. The molecule has 0 radical (unpaired) electrons. The zero-order valence-corrected chi connectivity index (χ0v) is 13.3. The highest BCUT2D eigenvalue weighted by atomic mass is 35.5. The number of hydrogen-bond donors (Lipinski definition) is 0. The molecule has 1 aromatic heterocycles. The molecule has 0 unspecified atom stereocenters. The molecule has 0 aliphatic rings. The molecule has 6 heteroatoms. The Bertz CT molecular complexity index is 828. The summed E-state index contributed by atoms with van der Waals surface area (Å²) in [4.78, 5) is 15.9. The second-order valence-electron chi connectivity index (χ2n) is 5.05. The molecular formula is C18H13ClFNO3. The van der Waals surface area contributed by atoms with Gasteiger partial charge in [-0.15, -0.1) is 0 Å². The maximum absolute atomic E-state index is 12.9. The molecule has 0 N–H and O–H groups in total.